The number of nitrogens with zero attached hydrogens (tertiary/aromatic N) is 2. The largest absolute Gasteiger partial charge is 0.355 e. The van der Waals surface area contributed by atoms with Crippen molar-refractivity contribution in [1.29, 1.82) is 0 Å². The van der Waals surface area contributed by atoms with Gasteiger partial charge in [0.2, 0.25) is 5.91 Å². The standard InChI is InChI=1S/C14H15F2N3OS/c15-13(16)19-11-4-2-1-3-10(11)18-14(19)21-8-12(20)17-7-9-5-6-9/h1-4,9,13H,5-8H2,(H,17,20). The molecule has 1 aliphatic rings. The number of aromatic nitrogens is 2. The Balaban J connectivity index is 1.70. The molecule has 112 valence electrons. The minimum Gasteiger partial charge on any atom is -0.355 e. The second-order valence-corrected chi connectivity index (χ2v) is 6.01. The number of para-hydroxylation sites is 2. The van der Waals surface area contributed by atoms with E-state index in [1.807, 2.05) is 0 Å². The molecule has 1 fully saturated rings. The van der Waals surface area contributed by atoms with E-state index in [9.17, 15) is 13.6 Å². The van der Waals surface area contributed by atoms with Crippen molar-refractivity contribution >= 4 is 28.7 Å². The molecule has 1 amide bonds. The minimum atomic E-state index is -2.67. The van der Waals surface area contributed by atoms with Crippen LogP contribution in [0.15, 0.2) is 29.4 Å². The lowest BCUT2D eigenvalue weighted by Gasteiger charge is -2.07. The van der Waals surface area contributed by atoms with E-state index in [1.165, 1.54) is 0 Å². The Hall–Kier alpha value is -1.63. The van der Waals surface area contributed by atoms with Gasteiger partial charge in [-0.3, -0.25) is 9.36 Å². The van der Waals surface area contributed by atoms with E-state index < -0.39 is 6.55 Å². The number of alkyl halides is 2. The fourth-order valence-electron chi connectivity index (χ4n) is 2.07. The van der Waals surface area contributed by atoms with Crippen LogP contribution in [0.2, 0.25) is 0 Å². The molecule has 0 unspecified atom stereocenters. The molecular formula is C14H15F2N3OS. The van der Waals surface area contributed by atoms with Crippen LogP contribution in [-0.4, -0.2) is 27.8 Å². The van der Waals surface area contributed by atoms with E-state index in [0.717, 1.165) is 29.2 Å². The van der Waals surface area contributed by atoms with E-state index in [1.54, 1.807) is 24.3 Å². The highest BCUT2D eigenvalue weighted by molar-refractivity contribution is 7.99. The van der Waals surface area contributed by atoms with Gasteiger partial charge in [0.15, 0.2) is 5.16 Å². The number of carbonyl (C=O) groups excluding carboxylic acids is 1. The molecule has 1 aromatic heterocycles. The average molecular weight is 311 g/mol. The van der Waals surface area contributed by atoms with Gasteiger partial charge in [0.05, 0.1) is 16.8 Å². The van der Waals surface area contributed by atoms with Gasteiger partial charge in [0.1, 0.15) is 0 Å². The first kappa shape index (κ1) is 14.3. The molecule has 0 bridgehead atoms. The third-order valence-corrected chi connectivity index (χ3v) is 4.33. The Morgan fingerprint density at radius 3 is 2.90 bits per heavy atom. The third-order valence-electron chi connectivity index (χ3n) is 3.38. The monoisotopic (exact) mass is 311 g/mol. The second-order valence-electron chi connectivity index (χ2n) is 5.07. The van der Waals surface area contributed by atoms with E-state index in [2.05, 4.69) is 10.3 Å². The van der Waals surface area contributed by atoms with Crippen LogP contribution in [-0.2, 0) is 4.79 Å². The van der Waals surface area contributed by atoms with Crippen LogP contribution >= 0.6 is 11.8 Å². The zero-order chi connectivity index (χ0) is 14.8. The highest BCUT2D eigenvalue weighted by Gasteiger charge is 2.22. The van der Waals surface area contributed by atoms with Crippen molar-refractivity contribution < 1.29 is 13.6 Å². The Morgan fingerprint density at radius 2 is 2.19 bits per heavy atom. The summed E-state index contributed by atoms with van der Waals surface area (Å²) < 4.78 is 27.2. The predicted molar refractivity (Wildman–Crippen MR) is 77.4 cm³/mol. The first-order chi connectivity index (χ1) is 10.1. The third kappa shape index (κ3) is 3.34. The predicted octanol–water partition coefficient (Wildman–Crippen LogP) is 3.05. The summed E-state index contributed by atoms with van der Waals surface area (Å²) in [6.45, 7) is -1.99. The van der Waals surface area contributed by atoms with Crippen LogP contribution in [0.4, 0.5) is 8.78 Å². The normalized spacial score (nSPS) is 14.8. The summed E-state index contributed by atoms with van der Waals surface area (Å²) >= 11 is 1.04. The number of nitrogens with one attached hydrogen (secondary N) is 1. The number of fused-ring (bicyclic) bond motifs is 1. The summed E-state index contributed by atoms with van der Waals surface area (Å²) in [5, 5.41) is 2.99. The van der Waals surface area contributed by atoms with Crippen molar-refractivity contribution in [1.82, 2.24) is 14.9 Å². The molecule has 0 saturated heterocycles. The topological polar surface area (TPSA) is 46.9 Å². The average Bonchev–Trinajstić information content (AvgIpc) is 3.21. The Bertz CT molecular complexity index is 655. The molecule has 1 saturated carbocycles. The number of hydrogen-bond donors (Lipinski definition) is 1. The first-order valence-electron chi connectivity index (χ1n) is 6.80. The summed E-state index contributed by atoms with van der Waals surface area (Å²) in [6.07, 6.45) is 2.32. The number of amides is 1. The summed E-state index contributed by atoms with van der Waals surface area (Å²) in [4.78, 5) is 15.9. The molecule has 0 radical (unpaired) electrons. The van der Waals surface area contributed by atoms with Crippen molar-refractivity contribution in [2.24, 2.45) is 5.92 Å². The van der Waals surface area contributed by atoms with Crippen molar-refractivity contribution in [3.8, 4) is 0 Å². The van der Waals surface area contributed by atoms with Gasteiger partial charge >= 0.3 is 6.55 Å². The first-order valence-corrected chi connectivity index (χ1v) is 7.78. The van der Waals surface area contributed by atoms with Gasteiger partial charge in [0, 0.05) is 6.54 Å². The Kier molecular flexibility index (Phi) is 4.10. The SMILES string of the molecule is O=C(CSc1nc2ccccc2n1C(F)F)NCC1CC1. The number of rotatable bonds is 6. The van der Waals surface area contributed by atoms with Crippen LogP contribution in [0.1, 0.15) is 19.4 Å². The molecule has 1 aliphatic carbocycles. The molecule has 0 spiro atoms. The summed E-state index contributed by atoms with van der Waals surface area (Å²) in [5.41, 5.74) is 0.895. The van der Waals surface area contributed by atoms with Crippen LogP contribution < -0.4 is 5.32 Å². The van der Waals surface area contributed by atoms with E-state index in [0.29, 0.717) is 23.5 Å². The maximum atomic E-state index is 13.2. The number of halogens is 2. The fraction of sp³-hybridized carbons (Fsp3) is 0.429. The molecule has 1 N–H and O–H groups in total. The molecule has 0 aliphatic heterocycles. The molecule has 1 heterocycles. The van der Waals surface area contributed by atoms with Crippen LogP contribution in [0.5, 0.6) is 0 Å². The van der Waals surface area contributed by atoms with Crippen molar-refractivity contribution in [2.45, 2.75) is 24.5 Å². The molecule has 1 aromatic carbocycles. The lowest BCUT2D eigenvalue weighted by atomic mass is 10.3. The van der Waals surface area contributed by atoms with Gasteiger partial charge in [0.25, 0.3) is 0 Å². The highest BCUT2D eigenvalue weighted by Crippen LogP contribution is 2.29. The van der Waals surface area contributed by atoms with Gasteiger partial charge in [-0.25, -0.2) is 4.98 Å². The van der Waals surface area contributed by atoms with Crippen LogP contribution in [0.3, 0.4) is 0 Å². The zero-order valence-electron chi connectivity index (χ0n) is 11.3. The number of imidazole rings is 1. The summed E-state index contributed by atoms with van der Waals surface area (Å²) in [7, 11) is 0. The van der Waals surface area contributed by atoms with Gasteiger partial charge in [-0.15, -0.1) is 0 Å². The summed E-state index contributed by atoms with van der Waals surface area (Å²) in [6, 6.07) is 6.73. The van der Waals surface area contributed by atoms with Crippen LogP contribution in [0, 0.1) is 5.92 Å². The van der Waals surface area contributed by atoms with Gasteiger partial charge in [-0.2, -0.15) is 8.78 Å². The van der Waals surface area contributed by atoms with E-state index in [4.69, 9.17) is 0 Å². The minimum absolute atomic E-state index is 0.1000. The van der Waals surface area contributed by atoms with Crippen molar-refractivity contribution in [3.05, 3.63) is 24.3 Å². The number of benzene rings is 1. The van der Waals surface area contributed by atoms with Crippen molar-refractivity contribution in [2.75, 3.05) is 12.3 Å². The maximum Gasteiger partial charge on any atom is 0.321 e. The second kappa shape index (κ2) is 6.01. The molecule has 3 rings (SSSR count). The van der Waals surface area contributed by atoms with Crippen molar-refractivity contribution in [3.63, 3.8) is 0 Å². The fourth-order valence-corrected chi connectivity index (χ4v) is 2.92. The highest BCUT2D eigenvalue weighted by atomic mass is 32.2. The maximum absolute atomic E-state index is 13.2. The molecule has 21 heavy (non-hydrogen) atoms. The van der Waals surface area contributed by atoms with E-state index >= 15 is 0 Å². The molecule has 7 heteroatoms. The number of carbonyl (C=O) groups is 1. The molecular weight excluding hydrogens is 296 g/mol. The molecule has 0 atom stereocenters. The molecule has 4 nitrogen and oxygen atoms in total. The number of hydrogen-bond acceptors (Lipinski definition) is 3. The van der Waals surface area contributed by atoms with E-state index in [-0.39, 0.29) is 16.8 Å². The lowest BCUT2D eigenvalue weighted by Crippen LogP contribution is -2.27. The quantitative estimate of drug-likeness (QED) is 0.834. The Labute approximate surface area is 124 Å². The summed E-state index contributed by atoms with van der Waals surface area (Å²) in [5.74, 6) is 0.562. The van der Waals surface area contributed by atoms with Gasteiger partial charge in [-0.05, 0) is 30.9 Å². The smallest absolute Gasteiger partial charge is 0.321 e. The molecule has 2 aromatic rings. The Morgan fingerprint density at radius 1 is 1.43 bits per heavy atom. The zero-order valence-corrected chi connectivity index (χ0v) is 12.1. The number of thioether (sulfide) groups is 1. The van der Waals surface area contributed by atoms with Gasteiger partial charge in [-0.1, -0.05) is 23.9 Å². The lowest BCUT2D eigenvalue weighted by molar-refractivity contribution is -0.118. The van der Waals surface area contributed by atoms with Gasteiger partial charge < -0.3 is 5.32 Å². The van der Waals surface area contributed by atoms with Crippen LogP contribution in [0.25, 0.3) is 11.0 Å².